The maximum Gasteiger partial charge on any atom is 0.264 e. The molecule has 4 nitrogen and oxygen atoms in total. The number of benzene rings is 2. The van der Waals surface area contributed by atoms with Gasteiger partial charge in [-0.2, -0.15) is 0 Å². The summed E-state index contributed by atoms with van der Waals surface area (Å²) in [5.74, 6) is 0.316. The lowest BCUT2D eigenvalue weighted by atomic mass is 10.1. The van der Waals surface area contributed by atoms with E-state index in [2.05, 4.69) is 10.2 Å². The maximum absolute atomic E-state index is 14.0. The first kappa shape index (κ1) is 20.5. The molecule has 4 rings (SSSR count). The lowest BCUT2D eigenvalue weighted by molar-refractivity contribution is -0.114. The minimum atomic E-state index is -0.315. The molecule has 0 aromatic heterocycles. The minimum absolute atomic E-state index is 0.116. The highest BCUT2D eigenvalue weighted by atomic mass is 35.5. The number of carbonyl (C=O) groups is 1. The lowest BCUT2D eigenvalue weighted by Crippen LogP contribution is -2.43. The van der Waals surface area contributed by atoms with Gasteiger partial charge in [-0.3, -0.25) is 4.79 Å². The van der Waals surface area contributed by atoms with Crippen LogP contribution in [0.25, 0.3) is 6.08 Å². The van der Waals surface area contributed by atoms with E-state index in [1.807, 2.05) is 0 Å². The quantitative estimate of drug-likeness (QED) is 0.688. The standard InChI is InChI=1S/C21H20Cl2FN3OS/c22-17-3-2-16(13-18(17)23)27-9-10-29-20(21(27)28)12-14-11-15(24)1-4-19(14)26-7-5-25-6-8-26/h1-4,11-13,25H,5-10H2/b20-12-. The van der Waals surface area contributed by atoms with Gasteiger partial charge in [0, 0.05) is 55.4 Å². The number of hydrogen-bond donors (Lipinski definition) is 1. The van der Waals surface area contributed by atoms with Crippen molar-refractivity contribution >= 4 is 58.3 Å². The Hall–Kier alpha value is -1.73. The number of nitrogens with zero attached hydrogens (tertiary/aromatic N) is 2. The molecule has 0 bridgehead atoms. The van der Waals surface area contributed by atoms with Crippen LogP contribution in [0, 0.1) is 5.82 Å². The molecule has 29 heavy (non-hydrogen) atoms. The van der Waals surface area contributed by atoms with Gasteiger partial charge in [0.2, 0.25) is 0 Å². The summed E-state index contributed by atoms with van der Waals surface area (Å²) >= 11 is 13.6. The molecule has 2 saturated heterocycles. The summed E-state index contributed by atoms with van der Waals surface area (Å²) in [5, 5.41) is 4.18. The van der Waals surface area contributed by atoms with Crippen molar-refractivity contribution in [1.82, 2.24) is 5.32 Å². The van der Waals surface area contributed by atoms with Crippen molar-refractivity contribution in [3.8, 4) is 0 Å². The molecule has 152 valence electrons. The van der Waals surface area contributed by atoms with E-state index < -0.39 is 0 Å². The van der Waals surface area contributed by atoms with Crippen LogP contribution in [-0.2, 0) is 4.79 Å². The predicted molar refractivity (Wildman–Crippen MR) is 121 cm³/mol. The van der Waals surface area contributed by atoms with Crippen molar-refractivity contribution in [2.45, 2.75) is 0 Å². The Labute approximate surface area is 183 Å². The van der Waals surface area contributed by atoms with Crippen LogP contribution in [0.5, 0.6) is 0 Å². The highest BCUT2D eigenvalue weighted by Gasteiger charge is 2.26. The van der Waals surface area contributed by atoms with Crippen LogP contribution in [0.3, 0.4) is 0 Å². The lowest BCUT2D eigenvalue weighted by Gasteiger charge is -2.31. The smallest absolute Gasteiger partial charge is 0.264 e. The second kappa shape index (κ2) is 8.96. The van der Waals surface area contributed by atoms with Crippen LogP contribution >= 0.6 is 35.0 Å². The third-order valence-corrected chi connectivity index (χ3v) is 6.71. The van der Waals surface area contributed by atoms with Crippen LogP contribution in [0.1, 0.15) is 5.56 Å². The van der Waals surface area contributed by atoms with Gasteiger partial charge < -0.3 is 15.1 Å². The zero-order valence-corrected chi connectivity index (χ0v) is 18.0. The molecule has 0 atom stereocenters. The fourth-order valence-electron chi connectivity index (χ4n) is 3.52. The van der Waals surface area contributed by atoms with Crippen molar-refractivity contribution in [3.63, 3.8) is 0 Å². The molecule has 0 unspecified atom stereocenters. The Morgan fingerprint density at radius 1 is 1.03 bits per heavy atom. The normalized spacial score (nSPS) is 19.1. The molecule has 0 aliphatic carbocycles. The summed E-state index contributed by atoms with van der Waals surface area (Å²) < 4.78 is 14.0. The Bertz CT molecular complexity index is 963. The molecule has 0 spiro atoms. The predicted octanol–water partition coefficient (Wildman–Crippen LogP) is 4.66. The summed E-state index contributed by atoms with van der Waals surface area (Å²) in [4.78, 5) is 17.6. The monoisotopic (exact) mass is 451 g/mol. The zero-order valence-electron chi connectivity index (χ0n) is 15.6. The molecule has 0 radical (unpaired) electrons. The van der Waals surface area contributed by atoms with E-state index in [4.69, 9.17) is 23.2 Å². The molecule has 0 saturated carbocycles. The van der Waals surface area contributed by atoms with E-state index >= 15 is 0 Å². The van der Waals surface area contributed by atoms with E-state index in [9.17, 15) is 9.18 Å². The molecule has 1 amide bonds. The Kier molecular flexibility index (Phi) is 6.35. The number of halogens is 3. The molecule has 2 aliphatic heterocycles. The van der Waals surface area contributed by atoms with Gasteiger partial charge in [-0.15, -0.1) is 11.8 Å². The largest absolute Gasteiger partial charge is 0.368 e. The maximum atomic E-state index is 14.0. The molecule has 1 N–H and O–H groups in total. The van der Waals surface area contributed by atoms with E-state index in [1.54, 1.807) is 35.2 Å². The highest BCUT2D eigenvalue weighted by molar-refractivity contribution is 8.04. The van der Waals surface area contributed by atoms with Gasteiger partial charge >= 0.3 is 0 Å². The number of piperazine rings is 1. The zero-order chi connectivity index (χ0) is 20.4. The number of anilines is 2. The van der Waals surface area contributed by atoms with Gasteiger partial charge in [0.15, 0.2) is 0 Å². The summed E-state index contributed by atoms with van der Waals surface area (Å²) in [7, 11) is 0. The summed E-state index contributed by atoms with van der Waals surface area (Å²) in [5.41, 5.74) is 2.37. The molecular weight excluding hydrogens is 432 g/mol. The highest BCUT2D eigenvalue weighted by Crippen LogP contribution is 2.34. The van der Waals surface area contributed by atoms with Gasteiger partial charge in [0.1, 0.15) is 5.82 Å². The van der Waals surface area contributed by atoms with Crippen molar-refractivity contribution < 1.29 is 9.18 Å². The van der Waals surface area contributed by atoms with E-state index in [0.717, 1.165) is 43.2 Å². The fourth-order valence-corrected chi connectivity index (χ4v) is 4.75. The van der Waals surface area contributed by atoms with Gasteiger partial charge in [0.25, 0.3) is 5.91 Å². The first-order valence-electron chi connectivity index (χ1n) is 9.39. The number of thioether (sulfide) groups is 1. The van der Waals surface area contributed by atoms with Gasteiger partial charge in [0.05, 0.1) is 15.0 Å². The molecule has 8 heteroatoms. The Morgan fingerprint density at radius 2 is 1.83 bits per heavy atom. The molecule has 2 heterocycles. The van der Waals surface area contributed by atoms with Gasteiger partial charge in [-0.25, -0.2) is 4.39 Å². The number of rotatable bonds is 3. The van der Waals surface area contributed by atoms with Crippen LogP contribution < -0.4 is 15.1 Å². The first-order chi connectivity index (χ1) is 14.0. The summed E-state index contributed by atoms with van der Waals surface area (Å²) in [6.45, 7) is 4.03. The van der Waals surface area contributed by atoms with Crippen LogP contribution in [0.2, 0.25) is 10.0 Å². The van der Waals surface area contributed by atoms with Crippen molar-refractivity contribution in [3.05, 3.63) is 62.7 Å². The van der Waals surface area contributed by atoms with Crippen LogP contribution in [0.15, 0.2) is 41.3 Å². The third kappa shape index (κ3) is 4.56. The van der Waals surface area contributed by atoms with Crippen molar-refractivity contribution in [2.75, 3.05) is 48.3 Å². The second-order valence-corrected chi connectivity index (χ2v) is 8.80. The molecule has 2 aromatic rings. The average Bonchev–Trinajstić information content (AvgIpc) is 2.72. The first-order valence-corrected chi connectivity index (χ1v) is 11.1. The molecule has 2 aliphatic rings. The van der Waals surface area contributed by atoms with Crippen molar-refractivity contribution in [2.24, 2.45) is 0 Å². The Morgan fingerprint density at radius 3 is 2.59 bits per heavy atom. The van der Waals surface area contributed by atoms with E-state index in [-0.39, 0.29) is 11.7 Å². The summed E-state index contributed by atoms with van der Waals surface area (Å²) in [6.07, 6.45) is 1.80. The average molecular weight is 452 g/mol. The number of hydrogen-bond acceptors (Lipinski definition) is 4. The van der Waals surface area contributed by atoms with Crippen molar-refractivity contribution in [1.29, 1.82) is 0 Å². The Balaban J connectivity index is 1.66. The van der Waals surface area contributed by atoms with E-state index in [0.29, 0.717) is 27.2 Å². The fraction of sp³-hybridized carbons (Fsp3) is 0.286. The van der Waals surface area contributed by atoms with E-state index in [1.165, 1.54) is 23.9 Å². The minimum Gasteiger partial charge on any atom is -0.368 e. The third-order valence-electron chi connectivity index (χ3n) is 4.98. The van der Waals surface area contributed by atoms with Crippen LogP contribution in [-0.4, -0.2) is 44.4 Å². The molecule has 2 aromatic carbocycles. The summed E-state index contributed by atoms with van der Waals surface area (Å²) in [6, 6.07) is 9.93. The number of amides is 1. The molecular formula is C21H20Cl2FN3OS. The van der Waals surface area contributed by atoms with Crippen LogP contribution in [0.4, 0.5) is 15.8 Å². The number of nitrogens with one attached hydrogen (secondary N) is 1. The SMILES string of the molecule is O=C1/C(=C/c2cc(F)ccc2N2CCNCC2)SCCN1c1ccc(Cl)c(Cl)c1. The van der Waals surface area contributed by atoms with Gasteiger partial charge in [-0.05, 0) is 42.5 Å². The molecule has 2 fully saturated rings. The topological polar surface area (TPSA) is 35.6 Å². The van der Waals surface area contributed by atoms with Gasteiger partial charge in [-0.1, -0.05) is 23.2 Å². The second-order valence-electron chi connectivity index (χ2n) is 6.85. The number of carbonyl (C=O) groups excluding carboxylic acids is 1.